The minimum absolute atomic E-state index is 0.278. The quantitative estimate of drug-likeness (QED) is 0.794. The van der Waals surface area contributed by atoms with Crippen LogP contribution in [-0.2, 0) is 0 Å². The SMILES string of the molecule is Cc1noc(-c2sccc2NC(=O)c2cc(C3CC3)on2)n1. The lowest BCUT2D eigenvalue weighted by Crippen LogP contribution is -2.12. The number of hydrogen-bond donors (Lipinski definition) is 1. The molecule has 0 radical (unpaired) electrons. The molecule has 0 bridgehead atoms. The fourth-order valence-electron chi connectivity index (χ4n) is 2.11. The van der Waals surface area contributed by atoms with Gasteiger partial charge < -0.3 is 14.4 Å². The first kappa shape index (κ1) is 13.2. The largest absolute Gasteiger partial charge is 0.360 e. The number of thiophene rings is 1. The Hall–Kier alpha value is -2.48. The van der Waals surface area contributed by atoms with Crippen molar-refractivity contribution in [3.8, 4) is 10.8 Å². The molecule has 1 N–H and O–H groups in total. The molecule has 1 fully saturated rings. The molecule has 112 valence electrons. The highest BCUT2D eigenvalue weighted by Gasteiger charge is 2.29. The molecule has 1 saturated carbocycles. The van der Waals surface area contributed by atoms with Gasteiger partial charge in [0.25, 0.3) is 11.8 Å². The molecule has 0 aliphatic heterocycles. The van der Waals surface area contributed by atoms with Crippen molar-refractivity contribution in [3.63, 3.8) is 0 Å². The van der Waals surface area contributed by atoms with Crippen LogP contribution in [0.3, 0.4) is 0 Å². The lowest BCUT2D eigenvalue weighted by atomic mass is 10.2. The molecule has 0 unspecified atom stereocenters. The lowest BCUT2D eigenvalue weighted by Gasteiger charge is -2.01. The number of carbonyl (C=O) groups is 1. The summed E-state index contributed by atoms with van der Waals surface area (Å²) in [5, 5.41) is 12.2. The zero-order valence-corrected chi connectivity index (χ0v) is 12.5. The Kier molecular flexibility index (Phi) is 3.04. The first-order chi connectivity index (χ1) is 10.7. The van der Waals surface area contributed by atoms with Gasteiger partial charge in [0.2, 0.25) is 0 Å². The summed E-state index contributed by atoms with van der Waals surface area (Å²) in [5.74, 6) is 1.83. The van der Waals surface area contributed by atoms with Gasteiger partial charge in [-0.2, -0.15) is 4.98 Å². The number of nitrogens with one attached hydrogen (secondary N) is 1. The highest BCUT2D eigenvalue weighted by Crippen LogP contribution is 2.40. The maximum Gasteiger partial charge on any atom is 0.277 e. The third-order valence-corrected chi connectivity index (χ3v) is 4.28. The molecule has 3 aromatic rings. The van der Waals surface area contributed by atoms with E-state index in [0.29, 0.717) is 23.3 Å². The van der Waals surface area contributed by atoms with Crippen LogP contribution >= 0.6 is 11.3 Å². The molecule has 7 nitrogen and oxygen atoms in total. The van der Waals surface area contributed by atoms with Gasteiger partial charge >= 0.3 is 0 Å². The van der Waals surface area contributed by atoms with Crippen LogP contribution in [0.15, 0.2) is 26.6 Å². The summed E-state index contributed by atoms with van der Waals surface area (Å²) in [4.78, 5) is 17.2. The van der Waals surface area contributed by atoms with Crippen LogP contribution in [0.25, 0.3) is 10.8 Å². The van der Waals surface area contributed by atoms with E-state index in [9.17, 15) is 4.79 Å². The second-order valence-corrected chi connectivity index (χ2v) is 6.07. The summed E-state index contributed by atoms with van der Waals surface area (Å²) >= 11 is 1.42. The standard InChI is InChI=1S/C14H12N4O3S/c1-7-15-14(21-17-7)12-9(4-5-22-12)16-13(19)10-6-11(20-18-10)8-2-3-8/h4-6,8H,2-3H2,1H3,(H,16,19). The van der Waals surface area contributed by atoms with Gasteiger partial charge in [0.05, 0.1) is 5.69 Å². The van der Waals surface area contributed by atoms with Gasteiger partial charge in [-0.05, 0) is 31.2 Å². The summed E-state index contributed by atoms with van der Waals surface area (Å²) in [6, 6.07) is 3.50. The van der Waals surface area contributed by atoms with E-state index >= 15 is 0 Å². The minimum atomic E-state index is -0.313. The predicted molar refractivity (Wildman–Crippen MR) is 78.8 cm³/mol. The Morgan fingerprint density at radius 3 is 2.95 bits per heavy atom. The minimum Gasteiger partial charge on any atom is -0.360 e. The van der Waals surface area contributed by atoms with E-state index in [2.05, 4.69) is 20.6 Å². The Morgan fingerprint density at radius 1 is 1.36 bits per heavy atom. The van der Waals surface area contributed by atoms with E-state index in [4.69, 9.17) is 9.05 Å². The molecule has 3 aromatic heterocycles. The third kappa shape index (κ3) is 2.41. The molecule has 1 aliphatic carbocycles. The van der Waals surface area contributed by atoms with Crippen molar-refractivity contribution in [3.05, 3.63) is 34.8 Å². The van der Waals surface area contributed by atoms with E-state index in [1.807, 2.05) is 5.38 Å². The number of nitrogens with zero attached hydrogens (tertiary/aromatic N) is 3. The molecule has 8 heteroatoms. The Morgan fingerprint density at radius 2 is 2.23 bits per heavy atom. The van der Waals surface area contributed by atoms with E-state index in [0.717, 1.165) is 23.5 Å². The van der Waals surface area contributed by atoms with Gasteiger partial charge in [-0.25, -0.2) is 0 Å². The van der Waals surface area contributed by atoms with Crippen LogP contribution in [0.5, 0.6) is 0 Å². The second-order valence-electron chi connectivity index (χ2n) is 5.15. The summed E-state index contributed by atoms with van der Waals surface area (Å²) in [7, 11) is 0. The molecule has 1 amide bonds. The summed E-state index contributed by atoms with van der Waals surface area (Å²) in [6.45, 7) is 1.74. The molecular weight excluding hydrogens is 304 g/mol. The van der Waals surface area contributed by atoms with Gasteiger partial charge in [0.1, 0.15) is 10.6 Å². The maximum absolute atomic E-state index is 12.3. The first-order valence-electron chi connectivity index (χ1n) is 6.87. The van der Waals surface area contributed by atoms with Crippen molar-refractivity contribution in [2.45, 2.75) is 25.7 Å². The zero-order valence-electron chi connectivity index (χ0n) is 11.7. The monoisotopic (exact) mass is 316 g/mol. The third-order valence-electron chi connectivity index (χ3n) is 3.38. The number of amides is 1. The topological polar surface area (TPSA) is 94.1 Å². The van der Waals surface area contributed by atoms with E-state index in [-0.39, 0.29) is 11.6 Å². The van der Waals surface area contributed by atoms with E-state index in [1.54, 1.807) is 19.1 Å². The molecule has 1 aliphatic rings. The second kappa shape index (κ2) is 5.06. The zero-order chi connectivity index (χ0) is 15.1. The number of carbonyl (C=O) groups excluding carboxylic acids is 1. The van der Waals surface area contributed by atoms with Gasteiger partial charge in [-0.1, -0.05) is 10.3 Å². The average molecular weight is 316 g/mol. The van der Waals surface area contributed by atoms with Crippen molar-refractivity contribution in [2.24, 2.45) is 0 Å². The van der Waals surface area contributed by atoms with Crippen LogP contribution < -0.4 is 5.32 Å². The normalized spacial score (nSPS) is 14.2. The molecular formula is C14H12N4O3S. The summed E-state index contributed by atoms with van der Waals surface area (Å²) in [6.07, 6.45) is 2.20. The maximum atomic E-state index is 12.3. The van der Waals surface area contributed by atoms with Crippen LogP contribution in [0.1, 0.15) is 40.8 Å². The molecule has 22 heavy (non-hydrogen) atoms. The molecule has 0 atom stereocenters. The number of anilines is 1. The number of rotatable bonds is 4. The van der Waals surface area contributed by atoms with Crippen LogP contribution in [0, 0.1) is 6.92 Å². The first-order valence-corrected chi connectivity index (χ1v) is 7.75. The number of aromatic nitrogens is 3. The van der Waals surface area contributed by atoms with Crippen LogP contribution in [-0.4, -0.2) is 21.2 Å². The molecule has 0 aromatic carbocycles. The molecule has 4 rings (SSSR count). The van der Waals surface area contributed by atoms with Gasteiger partial charge in [0, 0.05) is 12.0 Å². The van der Waals surface area contributed by atoms with Gasteiger partial charge in [-0.15, -0.1) is 11.3 Å². The number of aryl methyl sites for hydroxylation is 1. The number of hydrogen-bond acceptors (Lipinski definition) is 7. The van der Waals surface area contributed by atoms with Crippen molar-refractivity contribution >= 4 is 22.9 Å². The van der Waals surface area contributed by atoms with E-state index < -0.39 is 0 Å². The Labute approximate surface area is 129 Å². The van der Waals surface area contributed by atoms with E-state index in [1.165, 1.54) is 11.3 Å². The van der Waals surface area contributed by atoms with Crippen molar-refractivity contribution in [1.29, 1.82) is 0 Å². The fraction of sp³-hybridized carbons (Fsp3) is 0.286. The van der Waals surface area contributed by atoms with Crippen molar-refractivity contribution in [2.75, 3.05) is 5.32 Å². The van der Waals surface area contributed by atoms with Crippen molar-refractivity contribution < 1.29 is 13.8 Å². The Bertz CT molecular complexity index is 831. The van der Waals surface area contributed by atoms with Crippen LogP contribution in [0.2, 0.25) is 0 Å². The highest BCUT2D eigenvalue weighted by molar-refractivity contribution is 7.14. The highest BCUT2D eigenvalue weighted by atomic mass is 32.1. The summed E-state index contributed by atoms with van der Waals surface area (Å²) < 4.78 is 10.3. The molecule has 0 saturated heterocycles. The fourth-order valence-corrected chi connectivity index (χ4v) is 2.88. The van der Waals surface area contributed by atoms with Gasteiger partial charge in [-0.3, -0.25) is 4.79 Å². The average Bonchev–Trinajstić information content (AvgIpc) is 2.93. The molecule has 3 heterocycles. The van der Waals surface area contributed by atoms with Gasteiger partial charge in [0.15, 0.2) is 11.5 Å². The Balaban J connectivity index is 1.55. The van der Waals surface area contributed by atoms with Crippen molar-refractivity contribution in [1.82, 2.24) is 15.3 Å². The lowest BCUT2D eigenvalue weighted by molar-refractivity contribution is 0.101. The molecule has 0 spiro atoms. The predicted octanol–water partition coefficient (Wildman–Crippen LogP) is 3.22. The smallest absolute Gasteiger partial charge is 0.277 e. The van der Waals surface area contributed by atoms with Crippen LogP contribution in [0.4, 0.5) is 5.69 Å². The summed E-state index contributed by atoms with van der Waals surface area (Å²) in [5.41, 5.74) is 0.899.